The number of benzene rings is 1. The highest BCUT2D eigenvalue weighted by Crippen LogP contribution is 2.34. The predicted molar refractivity (Wildman–Crippen MR) is 75.5 cm³/mol. The number of fused-ring (bicyclic) bond motifs is 1. The maximum absolute atomic E-state index is 6.20. The van der Waals surface area contributed by atoms with Crippen molar-refractivity contribution in [3.8, 4) is 5.75 Å². The Balaban J connectivity index is 1.58. The summed E-state index contributed by atoms with van der Waals surface area (Å²) < 4.78 is 11.8. The van der Waals surface area contributed by atoms with E-state index in [1.165, 1.54) is 24.8 Å². The quantitative estimate of drug-likeness (QED) is 0.851. The lowest BCUT2D eigenvalue weighted by molar-refractivity contribution is 0.0201. The largest absolute Gasteiger partial charge is 0.493 e. The molecule has 1 heterocycles. The van der Waals surface area contributed by atoms with Crippen LogP contribution in [0, 0.1) is 0 Å². The first kappa shape index (κ1) is 12.9. The van der Waals surface area contributed by atoms with Crippen LogP contribution in [-0.2, 0) is 4.74 Å². The van der Waals surface area contributed by atoms with Crippen molar-refractivity contribution in [3.63, 3.8) is 0 Å². The average molecular weight is 261 g/mol. The van der Waals surface area contributed by atoms with Crippen LogP contribution in [-0.4, -0.2) is 25.4 Å². The molecule has 1 fully saturated rings. The van der Waals surface area contributed by atoms with E-state index in [4.69, 9.17) is 15.2 Å². The second-order valence-corrected chi connectivity index (χ2v) is 5.72. The van der Waals surface area contributed by atoms with E-state index in [9.17, 15) is 0 Å². The van der Waals surface area contributed by atoms with Gasteiger partial charge in [-0.2, -0.15) is 0 Å². The first-order valence-electron chi connectivity index (χ1n) is 7.43. The number of nitrogens with two attached hydrogens (primary N) is 1. The molecule has 0 saturated heterocycles. The lowest BCUT2D eigenvalue weighted by Gasteiger charge is -2.23. The first-order valence-corrected chi connectivity index (χ1v) is 7.43. The second-order valence-electron chi connectivity index (χ2n) is 5.72. The molecule has 1 aliphatic carbocycles. The Hall–Kier alpha value is -1.06. The first-order chi connectivity index (χ1) is 9.34. The van der Waals surface area contributed by atoms with E-state index in [2.05, 4.69) is 12.1 Å². The maximum Gasteiger partial charge on any atom is 0.123 e. The number of hydrogen-bond acceptors (Lipinski definition) is 3. The van der Waals surface area contributed by atoms with Crippen LogP contribution in [0.2, 0.25) is 0 Å². The molecular weight excluding hydrogens is 238 g/mol. The van der Waals surface area contributed by atoms with Crippen LogP contribution in [0.4, 0.5) is 0 Å². The molecule has 104 valence electrons. The van der Waals surface area contributed by atoms with Gasteiger partial charge in [-0.15, -0.1) is 0 Å². The molecule has 2 N–H and O–H groups in total. The Morgan fingerprint density at radius 3 is 2.95 bits per heavy atom. The minimum atomic E-state index is 0.208. The van der Waals surface area contributed by atoms with Crippen molar-refractivity contribution in [2.24, 2.45) is 5.73 Å². The van der Waals surface area contributed by atoms with Gasteiger partial charge in [-0.25, -0.2) is 0 Å². The van der Waals surface area contributed by atoms with E-state index >= 15 is 0 Å². The van der Waals surface area contributed by atoms with Crippen molar-refractivity contribution >= 4 is 0 Å². The summed E-state index contributed by atoms with van der Waals surface area (Å²) in [6, 6.07) is 8.47. The smallest absolute Gasteiger partial charge is 0.123 e. The van der Waals surface area contributed by atoms with Crippen molar-refractivity contribution in [1.29, 1.82) is 0 Å². The van der Waals surface area contributed by atoms with E-state index in [1.54, 1.807) is 0 Å². The lowest BCUT2D eigenvalue weighted by Crippen LogP contribution is -2.36. The van der Waals surface area contributed by atoms with E-state index < -0.39 is 0 Å². The van der Waals surface area contributed by atoms with Gasteiger partial charge in [0.05, 0.1) is 19.3 Å². The van der Waals surface area contributed by atoms with Crippen molar-refractivity contribution in [1.82, 2.24) is 0 Å². The zero-order valence-corrected chi connectivity index (χ0v) is 11.4. The Labute approximate surface area is 115 Å². The van der Waals surface area contributed by atoms with Crippen molar-refractivity contribution < 1.29 is 9.47 Å². The lowest BCUT2D eigenvalue weighted by atomic mass is 10.0. The van der Waals surface area contributed by atoms with Crippen LogP contribution >= 0.6 is 0 Å². The molecule has 3 heteroatoms. The Kier molecular flexibility index (Phi) is 4.04. The van der Waals surface area contributed by atoms with Crippen molar-refractivity contribution in [2.75, 3.05) is 13.2 Å². The molecule has 19 heavy (non-hydrogen) atoms. The molecule has 1 aliphatic heterocycles. The summed E-state index contributed by atoms with van der Waals surface area (Å²) >= 11 is 0. The number of rotatable bonds is 3. The highest BCUT2D eigenvalue weighted by atomic mass is 16.5. The normalized spacial score (nSPS) is 30.5. The summed E-state index contributed by atoms with van der Waals surface area (Å²) in [6.45, 7) is 1.47. The van der Waals surface area contributed by atoms with E-state index in [-0.39, 0.29) is 12.1 Å². The molecule has 0 aromatic heterocycles. The van der Waals surface area contributed by atoms with Gasteiger partial charge in [-0.05, 0) is 18.9 Å². The molecule has 3 rings (SSSR count). The van der Waals surface area contributed by atoms with Gasteiger partial charge in [0.2, 0.25) is 0 Å². The van der Waals surface area contributed by atoms with E-state index in [0.717, 1.165) is 31.8 Å². The van der Waals surface area contributed by atoms with E-state index in [1.807, 2.05) is 12.1 Å². The number of hydrogen-bond donors (Lipinski definition) is 1. The maximum atomic E-state index is 6.20. The molecule has 0 radical (unpaired) electrons. The van der Waals surface area contributed by atoms with Crippen LogP contribution in [0.1, 0.15) is 43.6 Å². The zero-order chi connectivity index (χ0) is 13.1. The topological polar surface area (TPSA) is 44.5 Å². The molecule has 0 spiro atoms. The third-order valence-electron chi connectivity index (χ3n) is 4.31. The summed E-state index contributed by atoms with van der Waals surface area (Å²) in [5.74, 6) is 1.38. The summed E-state index contributed by atoms with van der Waals surface area (Å²) in [7, 11) is 0. The second kappa shape index (κ2) is 5.93. The minimum absolute atomic E-state index is 0.208. The van der Waals surface area contributed by atoms with Gasteiger partial charge in [0.25, 0.3) is 0 Å². The third kappa shape index (κ3) is 2.93. The highest BCUT2D eigenvalue weighted by Gasteiger charge is 2.27. The van der Waals surface area contributed by atoms with Gasteiger partial charge in [-0.1, -0.05) is 37.5 Å². The fraction of sp³-hybridized carbons (Fsp3) is 0.625. The van der Waals surface area contributed by atoms with Crippen molar-refractivity contribution in [3.05, 3.63) is 29.8 Å². The molecule has 0 amide bonds. The summed E-state index contributed by atoms with van der Waals surface area (Å²) in [6.07, 6.45) is 6.23. The minimum Gasteiger partial charge on any atom is -0.493 e. The Morgan fingerprint density at radius 1 is 1.16 bits per heavy atom. The molecule has 1 saturated carbocycles. The molecule has 3 atom stereocenters. The number of para-hydroxylation sites is 1. The van der Waals surface area contributed by atoms with Gasteiger partial charge in [0, 0.05) is 17.5 Å². The third-order valence-corrected chi connectivity index (χ3v) is 4.31. The van der Waals surface area contributed by atoms with Gasteiger partial charge in [0.1, 0.15) is 5.75 Å². The van der Waals surface area contributed by atoms with Crippen LogP contribution < -0.4 is 10.5 Å². The summed E-state index contributed by atoms with van der Waals surface area (Å²) in [4.78, 5) is 0. The van der Waals surface area contributed by atoms with Gasteiger partial charge < -0.3 is 15.2 Å². The van der Waals surface area contributed by atoms with Crippen molar-refractivity contribution in [2.45, 2.75) is 50.2 Å². The Bertz CT molecular complexity index is 421. The zero-order valence-electron chi connectivity index (χ0n) is 11.4. The molecule has 0 bridgehead atoms. The fourth-order valence-corrected chi connectivity index (χ4v) is 3.12. The predicted octanol–water partition coefficient (Wildman–Crippen LogP) is 2.84. The fourth-order valence-electron chi connectivity index (χ4n) is 3.12. The van der Waals surface area contributed by atoms with Crippen LogP contribution in [0.15, 0.2) is 24.3 Å². The van der Waals surface area contributed by atoms with Crippen LogP contribution in [0.3, 0.4) is 0 Å². The molecule has 1 aromatic rings. The van der Waals surface area contributed by atoms with Crippen LogP contribution in [0.25, 0.3) is 0 Å². The molecular formula is C16H23NO2. The van der Waals surface area contributed by atoms with Gasteiger partial charge >= 0.3 is 0 Å². The Morgan fingerprint density at radius 2 is 2.00 bits per heavy atom. The number of ether oxygens (including phenoxy) is 2. The molecule has 3 unspecified atom stereocenters. The monoisotopic (exact) mass is 261 g/mol. The van der Waals surface area contributed by atoms with Gasteiger partial charge in [-0.3, -0.25) is 0 Å². The summed E-state index contributed by atoms with van der Waals surface area (Å²) in [5, 5.41) is 0. The molecule has 3 nitrogen and oxygen atoms in total. The highest BCUT2D eigenvalue weighted by molar-refractivity contribution is 5.39. The molecule has 1 aromatic carbocycles. The standard InChI is InChI=1S/C16H23NO2/c17-14-7-2-1-3-9-16(14)19-11-12-10-18-15-8-5-4-6-13(12)15/h4-6,8,12,14,16H,1-3,7,9-11,17H2. The van der Waals surface area contributed by atoms with Gasteiger partial charge in [0.15, 0.2) is 0 Å². The average Bonchev–Trinajstić information content (AvgIpc) is 2.73. The SMILES string of the molecule is NC1CCCCCC1OCC1COc2ccccc21. The van der Waals surface area contributed by atoms with Crippen LogP contribution in [0.5, 0.6) is 5.75 Å². The summed E-state index contributed by atoms with van der Waals surface area (Å²) in [5.41, 5.74) is 7.48. The van der Waals surface area contributed by atoms with E-state index in [0.29, 0.717) is 5.92 Å². The molecule has 2 aliphatic rings.